The van der Waals surface area contributed by atoms with Gasteiger partial charge in [0.15, 0.2) is 0 Å². The summed E-state index contributed by atoms with van der Waals surface area (Å²) in [5.41, 5.74) is 0.717. The van der Waals surface area contributed by atoms with Crippen molar-refractivity contribution in [2.75, 3.05) is 32.7 Å². The molecule has 2 aliphatic heterocycles. The van der Waals surface area contributed by atoms with E-state index in [1.807, 2.05) is 12.3 Å². The molecule has 3 rings (SSSR count). The zero-order chi connectivity index (χ0) is 13.8. The Kier molecular flexibility index (Phi) is 4.34. The zero-order valence-electron chi connectivity index (χ0n) is 12.2. The molecule has 0 spiro atoms. The summed E-state index contributed by atoms with van der Waals surface area (Å²) in [6.45, 7) is 5.83. The van der Waals surface area contributed by atoms with E-state index in [-0.39, 0.29) is 0 Å². The summed E-state index contributed by atoms with van der Waals surface area (Å²) < 4.78 is 0. The first-order chi connectivity index (χ1) is 9.73. The minimum Gasteiger partial charge on any atom is -0.387 e. The largest absolute Gasteiger partial charge is 0.387 e. The molecule has 1 N–H and O–H groups in total. The van der Waals surface area contributed by atoms with Gasteiger partial charge in [-0.05, 0) is 44.0 Å². The van der Waals surface area contributed by atoms with Gasteiger partial charge in [0.1, 0.15) is 0 Å². The summed E-state index contributed by atoms with van der Waals surface area (Å²) in [5.74, 6) is 0. The van der Waals surface area contributed by atoms with Crippen LogP contribution in [0, 0.1) is 0 Å². The van der Waals surface area contributed by atoms with E-state index in [0.29, 0.717) is 0 Å². The minimum atomic E-state index is -0.514. The van der Waals surface area contributed by atoms with E-state index in [9.17, 15) is 5.11 Å². The van der Waals surface area contributed by atoms with Crippen molar-refractivity contribution in [1.29, 1.82) is 0 Å². The van der Waals surface area contributed by atoms with Crippen LogP contribution in [0.3, 0.4) is 0 Å². The van der Waals surface area contributed by atoms with Gasteiger partial charge in [-0.15, -0.1) is 0 Å². The van der Waals surface area contributed by atoms with Gasteiger partial charge in [0.25, 0.3) is 0 Å². The maximum atomic E-state index is 10.8. The number of rotatable bonds is 4. The predicted octanol–water partition coefficient (Wildman–Crippen LogP) is 1.50. The Balaban J connectivity index is 1.52. The molecule has 20 heavy (non-hydrogen) atoms. The minimum absolute atomic E-state index is 0.514. The Labute approximate surface area is 121 Å². The van der Waals surface area contributed by atoms with E-state index in [1.54, 1.807) is 6.20 Å². The van der Waals surface area contributed by atoms with Gasteiger partial charge < -0.3 is 10.0 Å². The molecular formula is C16H25N3O. The number of piperidine rings is 1. The van der Waals surface area contributed by atoms with Crippen molar-refractivity contribution in [2.45, 2.75) is 37.8 Å². The number of β-amino-alcohol motifs (C(OH)–C–C–N with tert-alkyl or cyclic N) is 1. The molecule has 0 saturated carbocycles. The van der Waals surface area contributed by atoms with Gasteiger partial charge in [0, 0.05) is 38.6 Å². The third-order valence-electron chi connectivity index (χ3n) is 4.51. The predicted molar refractivity (Wildman–Crippen MR) is 79.4 cm³/mol. The molecule has 4 nitrogen and oxygen atoms in total. The molecule has 0 aliphatic carbocycles. The Morgan fingerprint density at radius 1 is 1.15 bits per heavy atom. The van der Waals surface area contributed by atoms with Crippen molar-refractivity contribution in [2.24, 2.45) is 0 Å². The van der Waals surface area contributed by atoms with Crippen molar-refractivity contribution in [3.05, 3.63) is 30.1 Å². The Hall–Kier alpha value is -0.970. The molecule has 1 aromatic rings. The number of pyridine rings is 1. The van der Waals surface area contributed by atoms with Gasteiger partial charge in [0.2, 0.25) is 0 Å². The van der Waals surface area contributed by atoms with Crippen molar-refractivity contribution in [1.82, 2.24) is 14.8 Å². The molecule has 0 amide bonds. The summed E-state index contributed by atoms with van der Waals surface area (Å²) in [6.07, 6.45) is 8.54. The monoisotopic (exact) mass is 275 g/mol. The topological polar surface area (TPSA) is 39.6 Å². The molecule has 110 valence electrons. The van der Waals surface area contributed by atoms with Gasteiger partial charge in [0.05, 0.1) is 5.60 Å². The molecule has 2 saturated heterocycles. The lowest BCUT2D eigenvalue weighted by molar-refractivity contribution is 0.00634. The lowest BCUT2D eigenvalue weighted by atomic mass is 10.0. The maximum absolute atomic E-state index is 10.8. The smallest absolute Gasteiger partial charge is 0.0912 e. The average Bonchev–Trinajstić information content (AvgIpc) is 2.82. The van der Waals surface area contributed by atoms with Crippen LogP contribution in [0.4, 0.5) is 0 Å². The number of hydrogen-bond acceptors (Lipinski definition) is 4. The number of likely N-dealkylation sites (tertiary alicyclic amines) is 2. The molecule has 1 unspecified atom stereocenters. The standard InChI is InChI=1S/C16H25N3O/c20-16(13-18-8-2-1-3-9-18)6-10-19(14-16)12-15-5-4-7-17-11-15/h4-5,7,11,20H,1-3,6,8-10,12-14H2. The quantitative estimate of drug-likeness (QED) is 0.904. The molecule has 0 aromatic carbocycles. The molecular weight excluding hydrogens is 250 g/mol. The molecule has 0 bridgehead atoms. The fraction of sp³-hybridized carbons (Fsp3) is 0.688. The number of nitrogens with zero attached hydrogens (tertiary/aromatic N) is 3. The fourth-order valence-electron chi connectivity index (χ4n) is 3.49. The van der Waals surface area contributed by atoms with Gasteiger partial charge in [-0.1, -0.05) is 12.5 Å². The highest BCUT2D eigenvalue weighted by atomic mass is 16.3. The molecule has 2 fully saturated rings. The first-order valence-electron chi connectivity index (χ1n) is 7.80. The van der Waals surface area contributed by atoms with Crippen LogP contribution in [0.1, 0.15) is 31.2 Å². The third kappa shape index (κ3) is 3.57. The summed E-state index contributed by atoms with van der Waals surface area (Å²) in [5, 5.41) is 10.8. The van der Waals surface area contributed by atoms with Crippen molar-refractivity contribution in [3.8, 4) is 0 Å². The van der Waals surface area contributed by atoms with E-state index in [0.717, 1.165) is 45.7 Å². The average molecular weight is 275 g/mol. The molecule has 0 radical (unpaired) electrons. The van der Waals surface area contributed by atoms with Crippen LogP contribution in [0.25, 0.3) is 0 Å². The van der Waals surface area contributed by atoms with E-state index in [1.165, 1.54) is 24.8 Å². The van der Waals surface area contributed by atoms with Crippen molar-refractivity contribution < 1.29 is 5.11 Å². The molecule has 1 atom stereocenters. The summed E-state index contributed by atoms with van der Waals surface area (Å²) in [7, 11) is 0. The van der Waals surface area contributed by atoms with Gasteiger partial charge in [-0.2, -0.15) is 0 Å². The third-order valence-corrected chi connectivity index (χ3v) is 4.51. The SMILES string of the molecule is OC1(CN2CCCCC2)CCN(Cc2cccnc2)C1. The van der Waals surface area contributed by atoms with E-state index >= 15 is 0 Å². The summed E-state index contributed by atoms with van der Waals surface area (Å²) in [6, 6.07) is 4.08. The maximum Gasteiger partial charge on any atom is 0.0912 e. The molecule has 1 aromatic heterocycles. The van der Waals surface area contributed by atoms with Crippen LogP contribution in [0.2, 0.25) is 0 Å². The Morgan fingerprint density at radius 3 is 2.75 bits per heavy atom. The highest BCUT2D eigenvalue weighted by molar-refractivity contribution is 5.09. The van der Waals surface area contributed by atoms with Crippen LogP contribution < -0.4 is 0 Å². The second-order valence-corrected chi connectivity index (χ2v) is 6.38. The fourth-order valence-corrected chi connectivity index (χ4v) is 3.49. The van der Waals surface area contributed by atoms with E-state index < -0.39 is 5.60 Å². The van der Waals surface area contributed by atoms with E-state index in [4.69, 9.17) is 0 Å². The summed E-state index contributed by atoms with van der Waals surface area (Å²) in [4.78, 5) is 8.95. The van der Waals surface area contributed by atoms with Crippen LogP contribution in [-0.4, -0.2) is 58.2 Å². The lowest BCUT2D eigenvalue weighted by Crippen LogP contribution is -2.46. The molecule has 4 heteroatoms. The normalized spacial score (nSPS) is 28.9. The molecule has 2 aliphatic rings. The van der Waals surface area contributed by atoms with Crippen LogP contribution >= 0.6 is 0 Å². The highest BCUT2D eigenvalue weighted by Gasteiger charge is 2.37. The second-order valence-electron chi connectivity index (χ2n) is 6.38. The van der Waals surface area contributed by atoms with Crippen LogP contribution in [-0.2, 0) is 6.54 Å². The van der Waals surface area contributed by atoms with E-state index in [2.05, 4.69) is 20.9 Å². The zero-order valence-corrected chi connectivity index (χ0v) is 12.2. The first-order valence-corrected chi connectivity index (χ1v) is 7.80. The van der Waals surface area contributed by atoms with Crippen LogP contribution in [0.15, 0.2) is 24.5 Å². The number of hydrogen-bond donors (Lipinski definition) is 1. The number of aromatic nitrogens is 1. The Morgan fingerprint density at radius 2 is 2.00 bits per heavy atom. The number of aliphatic hydroxyl groups is 1. The van der Waals surface area contributed by atoms with Crippen LogP contribution in [0.5, 0.6) is 0 Å². The molecule has 3 heterocycles. The summed E-state index contributed by atoms with van der Waals surface area (Å²) >= 11 is 0. The van der Waals surface area contributed by atoms with Crippen molar-refractivity contribution >= 4 is 0 Å². The van der Waals surface area contributed by atoms with Crippen molar-refractivity contribution in [3.63, 3.8) is 0 Å². The Bertz CT molecular complexity index is 419. The second kappa shape index (κ2) is 6.20. The van der Waals surface area contributed by atoms with Gasteiger partial charge >= 0.3 is 0 Å². The highest BCUT2D eigenvalue weighted by Crippen LogP contribution is 2.25. The lowest BCUT2D eigenvalue weighted by Gasteiger charge is -2.33. The van der Waals surface area contributed by atoms with Gasteiger partial charge in [-0.25, -0.2) is 0 Å². The first kappa shape index (κ1) is 14.0. The van der Waals surface area contributed by atoms with Gasteiger partial charge in [-0.3, -0.25) is 9.88 Å².